The van der Waals surface area contributed by atoms with Gasteiger partial charge in [-0.2, -0.15) is 0 Å². The van der Waals surface area contributed by atoms with E-state index in [1.54, 1.807) is 7.05 Å². The normalized spacial score (nSPS) is 23.6. The lowest BCUT2D eigenvalue weighted by molar-refractivity contribution is 0.708. The van der Waals surface area contributed by atoms with E-state index in [-0.39, 0.29) is 0 Å². The van der Waals surface area contributed by atoms with Crippen molar-refractivity contribution < 1.29 is 0 Å². The van der Waals surface area contributed by atoms with E-state index < -0.39 is 0 Å². The summed E-state index contributed by atoms with van der Waals surface area (Å²) in [5.74, 6) is 3.42. The van der Waals surface area contributed by atoms with E-state index in [2.05, 4.69) is 32.7 Å². The van der Waals surface area contributed by atoms with Gasteiger partial charge in [-0.25, -0.2) is 0 Å². The van der Waals surface area contributed by atoms with Gasteiger partial charge in [0.05, 0.1) is 6.54 Å². The average Bonchev–Trinajstić information content (AvgIpc) is 2.92. The van der Waals surface area contributed by atoms with E-state index in [1.807, 2.05) is 18.5 Å². The second-order valence-corrected chi connectivity index (χ2v) is 4.61. The van der Waals surface area contributed by atoms with E-state index in [0.717, 1.165) is 23.5 Å². The Kier molecular flexibility index (Phi) is 3.31. The van der Waals surface area contributed by atoms with Gasteiger partial charge in [-0.1, -0.05) is 6.92 Å². The van der Waals surface area contributed by atoms with Gasteiger partial charge >= 0.3 is 0 Å². The van der Waals surface area contributed by atoms with Crippen molar-refractivity contribution in [2.45, 2.75) is 32.9 Å². The van der Waals surface area contributed by atoms with Crippen LogP contribution in [0, 0.1) is 12.8 Å². The third-order valence-corrected chi connectivity index (χ3v) is 3.25. The number of guanidine groups is 1. The molecule has 0 amide bonds. The summed E-state index contributed by atoms with van der Waals surface area (Å²) in [5, 5.41) is 14.7. The zero-order valence-electron chi connectivity index (χ0n) is 10.9. The predicted octanol–water partition coefficient (Wildman–Crippen LogP) is 0.197. The van der Waals surface area contributed by atoms with Gasteiger partial charge in [-0.15, -0.1) is 10.2 Å². The molecular formula is C11H20N6. The molecule has 1 aliphatic rings. The fraction of sp³-hybridized carbons (Fsp3) is 0.727. The maximum atomic E-state index is 4.19. The number of rotatable bonds is 3. The number of nitrogens with zero attached hydrogens (tertiary/aromatic N) is 4. The topological polar surface area (TPSA) is 67.1 Å². The largest absolute Gasteiger partial charge is 0.353 e. The van der Waals surface area contributed by atoms with Crippen LogP contribution in [0.3, 0.4) is 0 Å². The Morgan fingerprint density at radius 1 is 1.53 bits per heavy atom. The molecule has 0 bridgehead atoms. The van der Waals surface area contributed by atoms with Crippen molar-refractivity contribution in [1.82, 2.24) is 25.4 Å². The van der Waals surface area contributed by atoms with Gasteiger partial charge in [-0.05, 0) is 19.3 Å². The molecule has 1 fully saturated rings. The Morgan fingerprint density at radius 3 is 2.71 bits per heavy atom. The zero-order valence-corrected chi connectivity index (χ0v) is 10.9. The number of aliphatic imine (C=N–C) groups is 1. The lowest BCUT2D eigenvalue weighted by atomic mass is 10.5. The first kappa shape index (κ1) is 11.9. The van der Waals surface area contributed by atoms with Crippen LogP contribution in [0.2, 0.25) is 0 Å². The smallest absolute Gasteiger partial charge is 0.191 e. The molecule has 2 N–H and O–H groups in total. The van der Waals surface area contributed by atoms with Crippen LogP contribution in [-0.2, 0) is 13.6 Å². The van der Waals surface area contributed by atoms with Gasteiger partial charge in [0.25, 0.3) is 0 Å². The van der Waals surface area contributed by atoms with Crippen LogP contribution in [0.5, 0.6) is 0 Å². The Balaban J connectivity index is 1.86. The summed E-state index contributed by atoms with van der Waals surface area (Å²) in [4.78, 5) is 4.19. The minimum Gasteiger partial charge on any atom is -0.353 e. The fourth-order valence-corrected chi connectivity index (χ4v) is 1.66. The molecule has 0 radical (unpaired) electrons. The van der Waals surface area contributed by atoms with Crippen molar-refractivity contribution in [2.24, 2.45) is 18.0 Å². The summed E-state index contributed by atoms with van der Waals surface area (Å²) in [5.41, 5.74) is 0. The lowest BCUT2D eigenvalue weighted by Crippen LogP contribution is -2.39. The molecule has 1 aromatic heterocycles. The molecule has 1 saturated carbocycles. The molecule has 1 aliphatic carbocycles. The number of aromatic nitrogens is 3. The van der Waals surface area contributed by atoms with E-state index in [1.165, 1.54) is 6.42 Å². The first-order valence-corrected chi connectivity index (χ1v) is 5.94. The molecular weight excluding hydrogens is 216 g/mol. The molecule has 2 unspecified atom stereocenters. The van der Waals surface area contributed by atoms with Gasteiger partial charge in [-0.3, -0.25) is 4.99 Å². The van der Waals surface area contributed by atoms with Crippen molar-refractivity contribution in [3.63, 3.8) is 0 Å². The molecule has 0 spiro atoms. The summed E-state index contributed by atoms with van der Waals surface area (Å²) in [6.45, 7) is 4.81. The van der Waals surface area contributed by atoms with Crippen LogP contribution >= 0.6 is 0 Å². The summed E-state index contributed by atoms with van der Waals surface area (Å²) in [6, 6.07) is 0.572. The van der Waals surface area contributed by atoms with Crippen molar-refractivity contribution in [2.75, 3.05) is 7.05 Å². The van der Waals surface area contributed by atoms with Gasteiger partial charge < -0.3 is 15.2 Å². The molecule has 0 saturated heterocycles. The molecule has 2 atom stereocenters. The first-order chi connectivity index (χ1) is 8.11. The molecule has 94 valence electrons. The number of hydrogen-bond donors (Lipinski definition) is 2. The van der Waals surface area contributed by atoms with E-state index in [4.69, 9.17) is 0 Å². The maximum Gasteiger partial charge on any atom is 0.191 e. The second-order valence-electron chi connectivity index (χ2n) is 4.61. The first-order valence-electron chi connectivity index (χ1n) is 5.94. The summed E-state index contributed by atoms with van der Waals surface area (Å²) >= 11 is 0. The van der Waals surface area contributed by atoms with E-state index >= 15 is 0 Å². The Morgan fingerprint density at radius 2 is 2.24 bits per heavy atom. The maximum absolute atomic E-state index is 4.19. The summed E-state index contributed by atoms with van der Waals surface area (Å²) < 4.78 is 1.97. The third kappa shape index (κ3) is 2.75. The number of aryl methyl sites for hydroxylation is 1. The highest BCUT2D eigenvalue weighted by molar-refractivity contribution is 5.80. The highest BCUT2D eigenvalue weighted by Gasteiger charge is 2.33. The standard InChI is InChI=1S/C11H20N6/c1-7-5-9(7)14-11(12-3)13-6-10-16-15-8(2)17(10)4/h7,9H,5-6H2,1-4H3,(H2,12,13,14). The monoisotopic (exact) mass is 236 g/mol. The van der Waals surface area contributed by atoms with Crippen LogP contribution in [0.15, 0.2) is 4.99 Å². The fourth-order valence-electron chi connectivity index (χ4n) is 1.66. The van der Waals surface area contributed by atoms with Gasteiger partial charge in [0.2, 0.25) is 0 Å². The van der Waals surface area contributed by atoms with Crippen LogP contribution < -0.4 is 10.6 Å². The average molecular weight is 236 g/mol. The minimum absolute atomic E-state index is 0.572. The van der Waals surface area contributed by atoms with Crippen molar-refractivity contribution in [1.29, 1.82) is 0 Å². The van der Waals surface area contributed by atoms with Crippen molar-refractivity contribution in [3.8, 4) is 0 Å². The zero-order chi connectivity index (χ0) is 12.4. The Hall–Kier alpha value is -1.59. The Labute approximate surface area is 102 Å². The van der Waals surface area contributed by atoms with Crippen molar-refractivity contribution >= 4 is 5.96 Å². The summed E-state index contributed by atoms with van der Waals surface area (Å²) in [7, 11) is 3.75. The van der Waals surface area contributed by atoms with E-state index in [0.29, 0.717) is 12.6 Å². The van der Waals surface area contributed by atoms with Gasteiger partial charge in [0.1, 0.15) is 5.82 Å². The molecule has 6 nitrogen and oxygen atoms in total. The quantitative estimate of drug-likeness (QED) is 0.581. The predicted molar refractivity (Wildman–Crippen MR) is 66.6 cm³/mol. The SMILES string of the molecule is CN=C(NCc1nnc(C)n1C)NC1CC1C. The third-order valence-electron chi connectivity index (χ3n) is 3.25. The minimum atomic E-state index is 0.572. The summed E-state index contributed by atoms with van der Waals surface area (Å²) in [6.07, 6.45) is 1.23. The van der Waals surface area contributed by atoms with Gasteiger partial charge in [0, 0.05) is 20.1 Å². The van der Waals surface area contributed by atoms with Crippen LogP contribution in [0.4, 0.5) is 0 Å². The molecule has 6 heteroatoms. The van der Waals surface area contributed by atoms with Gasteiger partial charge in [0.15, 0.2) is 11.8 Å². The molecule has 1 aromatic rings. The van der Waals surface area contributed by atoms with Crippen LogP contribution in [0.1, 0.15) is 25.0 Å². The second kappa shape index (κ2) is 4.73. The van der Waals surface area contributed by atoms with E-state index in [9.17, 15) is 0 Å². The molecule has 1 heterocycles. The Bertz CT molecular complexity index is 422. The molecule has 0 aliphatic heterocycles. The molecule has 2 rings (SSSR count). The van der Waals surface area contributed by atoms with Crippen LogP contribution in [-0.4, -0.2) is 33.8 Å². The molecule has 0 aromatic carbocycles. The highest BCUT2D eigenvalue weighted by Crippen LogP contribution is 2.28. The van der Waals surface area contributed by atoms with Crippen molar-refractivity contribution in [3.05, 3.63) is 11.6 Å². The number of hydrogen-bond acceptors (Lipinski definition) is 3. The lowest BCUT2D eigenvalue weighted by Gasteiger charge is -2.11. The van der Waals surface area contributed by atoms with Crippen LogP contribution in [0.25, 0.3) is 0 Å². The molecule has 17 heavy (non-hydrogen) atoms. The highest BCUT2D eigenvalue weighted by atomic mass is 15.3. The number of nitrogens with one attached hydrogen (secondary N) is 2.